The molecule has 0 atom stereocenters. The molecular weight excluding hydrogens is 276 g/mol. The normalized spacial score (nSPS) is 12.1. The number of benzene rings is 1. The van der Waals surface area contributed by atoms with E-state index in [1.54, 1.807) is 37.4 Å². The third kappa shape index (κ3) is 4.59. The van der Waals surface area contributed by atoms with Gasteiger partial charge in [-0.3, -0.25) is 4.79 Å². The molecule has 20 heavy (non-hydrogen) atoms. The van der Waals surface area contributed by atoms with E-state index in [1.165, 1.54) is 17.8 Å². The van der Waals surface area contributed by atoms with Crippen LogP contribution in [0.3, 0.4) is 0 Å². The van der Waals surface area contributed by atoms with E-state index in [0.29, 0.717) is 10.5 Å². The van der Waals surface area contributed by atoms with E-state index in [9.17, 15) is 14.7 Å². The highest BCUT2D eigenvalue weighted by Gasteiger charge is 2.11. The van der Waals surface area contributed by atoms with Gasteiger partial charge in [-0.05, 0) is 25.3 Å². The summed E-state index contributed by atoms with van der Waals surface area (Å²) < 4.78 is 4.59. The summed E-state index contributed by atoms with van der Waals surface area (Å²) in [5, 5.41) is 10.1. The fourth-order valence-corrected chi connectivity index (χ4v) is 1.92. The first-order valence-electron chi connectivity index (χ1n) is 6.02. The maximum Gasteiger partial charge on any atom is 0.379 e. The Bertz CT molecular complexity index is 532. The number of rotatable bonds is 6. The van der Waals surface area contributed by atoms with Gasteiger partial charge in [0, 0.05) is 10.5 Å². The summed E-state index contributed by atoms with van der Waals surface area (Å²) in [5.74, 6) is -1.59. The summed E-state index contributed by atoms with van der Waals surface area (Å²) in [6, 6.07) is 8.96. The molecule has 0 heterocycles. The van der Waals surface area contributed by atoms with Crippen molar-refractivity contribution >= 4 is 29.3 Å². The van der Waals surface area contributed by atoms with Gasteiger partial charge in [0.1, 0.15) is 5.76 Å². The van der Waals surface area contributed by atoms with Crippen LogP contribution in [0.5, 0.6) is 0 Å². The van der Waals surface area contributed by atoms with Crippen LogP contribution in [0.4, 0.5) is 0 Å². The minimum Gasteiger partial charge on any atom is -0.506 e. The number of aliphatic hydroxyl groups is 1. The van der Waals surface area contributed by atoms with Crippen molar-refractivity contribution in [1.29, 1.82) is 0 Å². The lowest BCUT2D eigenvalue weighted by molar-refractivity contribution is -0.151. The number of thioether (sulfide) groups is 1. The second-order valence-corrected chi connectivity index (χ2v) is 4.55. The molecule has 0 amide bonds. The molecule has 0 unspecified atom stereocenters. The lowest BCUT2D eigenvalue weighted by Gasteiger charge is -2.04. The van der Waals surface area contributed by atoms with Crippen molar-refractivity contribution in [3.63, 3.8) is 0 Å². The second-order valence-electron chi connectivity index (χ2n) is 3.70. The van der Waals surface area contributed by atoms with Gasteiger partial charge in [-0.15, -0.1) is 11.8 Å². The zero-order valence-electron chi connectivity index (χ0n) is 11.3. The van der Waals surface area contributed by atoms with Gasteiger partial charge in [0.15, 0.2) is 0 Å². The highest BCUT2D eigenvalue weighted by Crippen LogP contribution is 2.24. The molecule has 5 heteroatoms. The van der Waals surface area contributed by atoms with Crippen LogP contribution in [0.1, 0.15) is 12.5 Å². The molecule has 0 fully saturated rings. The molecule has 0 bridgehead atoms. The fourth-order valence-electron chi connectivity index (χ4n) is 1.40. The molecule has 1 aromatic carbocycles. The summed E-state index contributed by atoms with van der Waals surface area (Å²) in [6.45, 7) is 1.78. The number of esters is 1. The molecule has 1 N–H and O–H groups in total. The molecule has 0 aliphatic rings. The molecule has 4 nitrogen and oxygen atoms in total. The van der Waals surface area contributed by atoms with Crippen molar-refractivity contribution in [2.24, 2.45) is 0 Å². The number of ether oxygens (including phenoxy) is 1. The first kappa shape index (κ1) is 16.0. The monoisotopic (exact) mass is 292 g/mol. The third-order valence-corrected chi connectivity index (χ3v) is 3.13. The molecule has 0 aliphatic heterocycles. The Kier molecular flexibility index (Phi) is 6.59. The van der Waals surface area contributed by atoms with Crippen LogP contribution in [0, 0.1) is 0 Å². The number of carbonyl (C=O) groups excluding carboxylic acids is 2. The van der Waals surface area contributed by atoms with E-state index in [0.717, 1.165) is 6.08 Å². The van der Waals surface area contributed by atoms with Crippen molar-refractivity contribution in [2.75, 3.05) is 12.9 Å². The van der Waals surface area contributed by atoms with Crippen LogP contribution in [0.2, 0.25) is 0 Å². The van der Waals surface area contributed by atoms with Crippen molar-refractivity contribution in [3.05, 3.63) is 53.0 Å². The van der Waals surface area contributed by atoms with Crippen molar-refractivity contribution in [1.82, 2.24) is 0 Å². The predicted molar refractivity (Wildman–Crippen MR) is 80.3 cm³/mol. The van der Waals surface area contributed by atoms with E-state index in [1.807, 2.05) is 6.07 Å². The molecule has 1 rings (SSSR count). The largest absolute Gasteiger partial charge is 0.506 e. The zero-order valence-corrected chi connectivity index (χ0v) is 12.1. The Morgan fingerprint density at radius 1 is 1.25 bits per heavy atom. The van der Waals surface area contributed by atoms with E-state index in [2.05, 4.69) is 4.74 Å². The summed E-state index contributed by atoms with van der Waals surface area (Å²) in [5.41, 5.74) is 0.644. The SMILES string of the molecule is CCOC(=O)C(=O)C=C/C(SC)=C(\O)c1ccccc1. The third-order valence-electron chi connectivity index (χ3n) is 2.36. The average molecular weight is 292 g/mol. The minimum absolute atomic E-state index is 0.0611. The summed E-state index contributed by atoms with van der Waals surface area (Å²) in [4.78, 5) is 23.1. The number of ketones is 1. The summed E-state index contributed by atoms with van der Waals surface area (Å²) >= 11 is 1.28. The molecule has 0 radical (unpaired) electrons. The quantitative estimate of drug-likeness (QED) is 0.287. The van der Waals surface area contributed by atoms with Crippen LogP contribution < -0.4 is 0 Å². The van der Waals surface area contributed by atoms with E-state index in [4.69, 9.17) is 0 Å². The second kappa shape index (κ2) is 8.22. The van der Waals surface area contributed by atoms with Crippen molar-refractivity contribution in [3.8, 4) is 0 Å². The first-order chi connectivity index (χ1) is 9.60. The number of allylic oxidation sites excluding steroid dienone is 1. The Morgan fingerprint density at radius 2 is 1.90 bits per heavy atom. The smallest absolute Gasteiger partial charge is 0.379 e. The Morgan fingerprint density at radius 3 is 2.45 bits per heavy atom. The van der Waals surface area contributed by atoms with Gasteiger partial charge < -0.3 is 9.84 Å². The average Bonchev–Trinajstić information content (AvgIpc) is 2.48. The van der Waals surface area contributed by atoms with Crippen LogP contribution in [0.15, 0.2) is 47.4 Å². The molecule has 1 aromatic rings. The molecule has 106 valence electrons. The van der Waals surface area contributed by atoms with Crippen LogP contribution in [-0.2, 0) is 14.3 Å². The first-order valence-corrected chi connectivity index (χ1v) is 7.24. The molecule has 0 saturated carbocycles. The number of hydrogen-bond acceptors (Lipinski definition) is 5. The number of hydrogen-bond donors (Lipinski definition) is 1. The van der Waals surface area contributed by atoms with Gasteiger partial charge in [0.25, 0.3) is 5.78 Å². The highest BCUT2D eigenvalue weighted by atomic mass is 32.2. The zero-order chi connectivity index (χ0) is 15.0. The maximum atomic E-state index is 11.4. The molecule has 0 spiro atoms. The van der Waals surface area contributed by atoms with Gasteiger partial charge in [-0.2, -0.15) is 0 Å². The topological polar surface area (TPSA) is 63.6 Å². The van der Waals surface area contributed by atoms with Crippen molar-refractivity contribution < 1.29 is 19.4 Å². The van der Waals surface area contributed by atoms with Crippen LogP contribution in [0.25, 0.3) is 5.76 Å². The van der Waals surface area contributed by atoms with Gasteiger partial charge >= 0.3 is 5.97 Å². The van der Waals surface area contributed by atoms with Crippen LogP contribution in [-0.4, -0.2) is 29.7 Å². The Hall–Kier alpha value is -2.01. The fraction of sp³-hybridized carbons (Fsp3) is 0.200. The lowest BCUT2D eigenvalue weighted by atomic mass is 10.2. The minimum atomic E-state index is -0.900. The van der Waals surface area contributed by atoms with E-state index < -0.39 is 11.8 Å². The van der Waals surface area contributed by atoms with Gasteiger partial charge in [0.05, 0.1) is 6.61 Å². The molecule has 0 aliphatic carbocycles. The Labute approximate surface area is 122 Å². The number of carbonyl (C=O) groups is 2. The standard InChI is InChI=1S/C15H16O4S/c1-3-19-15(18)12(16)9-10-13(20-2)14(17)11-7-5-4-6-8-11/h4-10,17H,3H2,1-2H3/b10-9?,14-13+. The molecule has 0 aromatic heterocycles. The predicted octanol–water partition coefficient (Wildman–Crippen LogP) is 2.96. The van der Waals surface area contributed by atoms with Crippen molar-refractivity contribution in [2.45, 2.75) is 6.92 Å². The van der Waals surface area contributed by atoms with E-state index >= 15 is 0 Å². The maximum absolute atomic E-state index is 11.4. The van der Waals surface area contributed by atoms with E-state index in [-0.39, 0.29) is 12.4 Å². The van der Waals surface area contributed by atoms with Crippen LogP contribution >= 0.6 is 11.8 Å². The summed E-state index contributed by atoms with van der Waals surface area (Å²) in [6.07, 6.45) is 4.28. The molecule has 0 saturated heterocycles. The van der Waals surface area contributed by atoms with Gasteiger partial charge in [-0.25, -0.2) is 4.79 Å². The Balaban J connectivity index is 2.92. The summed E-state index contributed by atoms with van der Waals surface area (Å²) in [7, 11) is 0. The lowest BCUT2D eigenvalue weighted by Crippen LogP contribution is -2.14. The molecular formula is C15H16O4S. The van der Waals surface area contributed by atoms with Gasteiger partial charge in [-0.1, -0.05) is 30.3 Å². The highest BCUT2D eigenvalue weighted by molar-refractivity contribution is 8.02. The number of aliphatic hydroxyl groups excluding tert-OH is 1. The van der Waals surface area contributed by atoms with Gasteiger partial charge in [0.2, 0.25) is 0 Å².